The summed E-state index contributed by atoms with van der Waals surface area (Å²) in [6, 6.07) is 5.77. The number of allylic oxidation sites excluding steroid dienone is 1. The van der Waals surface area contributed by atoms with Crippen molar-refractivity contribution in [3.8, 4) is 22.8 Å². The number of fused-ring (bicyclic) bond motifs is 1. The zero-order valence-electron chi connectivity index (χ0n) is 15.5. The van der Waals surface area contributed by atoms with E-state index < -0.39 is 0 Å². The number of anilines is 1. The molecule has 1 aliphatic carbocycles. The molecule has 2 heterocycles. The van der Waals surface area contributed by atoms with E-state index in [1.165, 1.54) is 11.3 Å². The maximum absolute atomic E-state index is 12.7. The van der Waals surface area contributed by atoms with Crippen LogP contribution in [0.5, 0.6) is 11.5 Å². The minimum absolute atomic E-state index is 0.0265. The average molecular weight is 439 g/mol. The predicted octanol–water partition coefficient (Wildman–Crippen LogP) is 5.50. The third kappa shape index (κ3) is 3.86. The molecule has 1 N–H and O–H groups in total. The van der Waals surface area contributed by atoms with Crippen LogP contribution in [0.3, 0.4) is 0 Å². The summed E-state index contributed by atoms with van der Waals surface area (Å²) in [6.45, 7) is 5.34. The Bertz CT molecular complexity index is 937. The van der Waals surface area contributed by atoms with E-state index in [1.807, 2.05) is 37.4 Å². The van der Waals surface area contributed by atoms with Crippen LogP contribution < -0.4 is 14.8 Å². The van der Waals surface area contributed by atoms with E-state index in [2.05, 4.69) is 10.3 Å². The topological polar surface area (TPSA) is 60.5 Å². The molecule has 4 rings (SSSR count). The van der Waals surface area contributed by atoms with Crippen LogP contribution in [-0.2, 0) is 4.79 Å². The summed E-state index contributed by atoms with van der Waals surface area (Å²) < 4.78 is 11.6. The lowest BCUT2D eigenvalue weighted by Crippen LogP contribution is -2.16. The fourth-order valence-electron chi connectivity index (χ4n) is 3.59. The van der Waals surface area contributed by atoms with Crippen molar-refractivity contribution in [3.05, 3.63) is 34.1 Å². The normalized spacial score (nSPS) is 22.1. The van der Waals surface area contributed by atoms with Gasteiger partial charge in [0.1, 0.15) is 4.49 Å². The molecule has 0 spiro atoms. The van der Waals surface area contributed by atoms with Crippen LogP contribution in [0.25, 0.3) is 11.3 Å². The highest BCUT2D eigenvalue weighted by Crippen LogP contribution is 2.60. The average Bonchev–Trinajstić information content (AvgIpc) is 2.99. The van der Waals surface area contributed by atoms with Gasteiger partial charge < -0.3 is 14.8 Å². The van der Waals surface area contributed by atoms with Crippen LogP contribution in [0, 0.1) is 17.3 Å². The Kier molecular flexibility index (Phi) is 5.29. The summed E-state index contributed by atoms with van der Waals surface area (Å²) in [6.07, 6.45) is 2.60. The van der Waals surface area contributed by atoms with Gasteiger partial charge in [0.2, 0.25) is 5.91 Å². The van der Waals surface area contributed by atoms with Gasteiger partial charge >= 0.3 is 0 Å². The van der Waals surface area contributed by atoms with Crippen molar-refractivity contribution in [3.63, 3.8) is 0 Å². The minimum atomic E-state index is -0.176. The summed E-state index contributed by atoms with van der Waals surface area (Å²) >= 11 is 12.9. The number of ether oxygens (including phenoxy) is 2. The van der Waals surface area contributed by atoms with Gasteiger partial charge in [-0.15, -0.1) is 11.3 Å². The molecule has 1 amide bonds. The van der Waals surface area contributed by atoms with Crippen molar-refractivity contribution < 1.29 is 14.3 Å². The summed E-state index contributed by atoms with van der Waals surface area (Å²) in [4.78, 5) is 17.2. The highest BCUT2D eigenvalue weighted by Gasteiger charge is 2.60. The Hall–Kier alpha value is -1.76. The van der Waals surface area contributed by atoms with Gasteiger partial charge in [-0.05, 0) is 35.6 Å². The van der Waals surface area contributed by atoms with Crippen LogP contribution in [0.1, 0.15) is 20.3 Å². The van der Waals surface area contributed by atoms with Gasteiger partial charge in [0.05, 0.1) is 24.8 Å². The number of halogens is 2. The zero-order valence-corrected chi connectivity index (χ0v) is 17.8. The van der Waals surface area contributed by atoms with E-state index in [4.69, 9.17) is 32.7 Å². The highest BCUT2D eigenvalue weighted by molar-refractivity contribution is 7.14. The van der Waals surface area contributed by atoms with Crippen molar-refractivity contribution in [2.24, 2.45) is 17.3 Å². The van der Waals surface area contributed by atoms with Crippen molar-refractivity contribution in [1.82, 2.24) is 4.98 Å². The van der Waals surface area contributed by atoms with Crippen molar-refractivity contribution in [1.29, 1.82) is 0 Å². The number of hydrogen-bond acceptors (Lipinski definition) is 5. The lowest BCUT2D eigenvalue weighted by atomic mass is 10.1. The van der Waals surface area contributed by atoms with E-state index in [0.29, 0.717) is 18.3 Å². The molecule has 2 aromatic rings. The van der Waals surface area contributed by atoms with Gasteiger partial charge in [0, 0.05) is 17.4 Å². The number of rotatable bonds is 4. The minimum Gasteiger partial charge on any atom is -0.490 e. The van der Waals surface area contributed by atoms with Gasteiger partial charge in [0.15, 0.2) is 16.6 Å². The predicted molar refractivity (Wildman–Crippen MR) is 112 cm³/mol. The first-order valence-electron chi connectivity index (χ1n) is 9.05. The maximum atomic E-state index is 12.7. The molecule has 2 unspecified atom stereocenters. The quantitative estimate of drug-likeness (QED) is 0.684. The Morgan fingerprint density at radius 1 is 1.29 bits per heavy atom. The second-order valence-electron chi connectivity index (χ2n) is 7.52. The molecule has 2 aliphatic rings. The Morgan fingerprint density at radius 2 is 2.04 bits per heavy atom. The lowest BCUT2D eigenvalue weighted by molar-refractivity contribution is -0.118. The first-order chi connectivity index (χ1) is 13.4. The maximum Gasteiger partial charge on any atom is 0.230 e. The Balaban J connectivity index is 1.47. The molecule has 0 bridgehead atoms. The number of hydrogen-bond donors (Lipinski definition) is 1. The molecule has 1 aromatic heterocycles. The number of carbonyl (C=O) groups excluding carboxylic acids is 1. The molecule has 5 nitrogen and oxygen atoms in total. The fourth-order valence-corrected chi connectivity index (χ4v) is 4.59. The molecule has 1 aromatic carbocycles. The van der Waals surface area contributed by atoms with Gasteiger partial charge in [-0.1, -0.05) is 37.0 Å². The van der Waals surface area contributed by atoms with E-state index in [1.54, 1.807) is 6.08 Å². The van der Waals surface area contributed by atoms with E-state index >= 15 is 0 Å². The first kappa shape index (κ1) is 19.6. The Labute approximate surface area is 177 Å². The van der Waals surface area contributed by atoms with Crippen LogP contribution in [0.4, 0.5) is 5.13 Å². The standard InChI is InChI=1S/C20H20Cl2N2O3S/c1-20(2)12(9-16(21)22)17(20)18(25)24-19-23-13(10-28-19)11-4-5-14-15(8-11)27-7-3-6-26-14/h4-5,8-10,12,17H,3,6-7H2,1-2H3,(H,23,24,25). The summed E-state index contributed by atoms with van der Waals surface area (Å²) in [5, 5.41) is 5.40. The molecule has 1 fully saturated rings. The van der Waals surface area contributed by atoms with E-state index in [0.717, 1.165) is 29.2 Å². The summed E-state index contributed by atoms with van der Waals surface area (Å²) in [5.74, 6) is 1.25. The van der Waals surface area contributed by atoms with Gasteiger partial charge in [-0.3, -0.25) is 4.79 Å². The largest absolute Gasteiger partial charge is 0.490 e. The van der Waals surface area contributed by atoms with Gasteiger partial charge in [0.25, 0.3) is 0 Å². The van der Waals surface area contributed by atoms with Crippen molar-refractivity contribution in [2.45, 2.75) is 20.3 Å². The zero-order chi connectivity index (χ0) is 19.9. The lowest BCUT2D eigenvalue weighted by Gasteiger charge is -2.08. The molecular formula is C20H20Cl2N2O3S. The molecule has 0 saturated heterocycles. The van der Waals surface area contributed by atoms with Crippen LogP contribution >= 0.6 is 34.5 Å². The molecule has 1 saturated carbocycles. The fraction of sp³-hybridized carbons (Fsp3) is 0.400. The van der Waals surface area contributed by atoms with Crippen LogP contribution in [-0.4, -0.2) is 24.1 Å². The SMILES string of the molecule is CC1(C)C(C=C(Cl)Cl)C1C(=O)Nc1nc(-c2ccc3c(c2)OCCCO3)cs1. The summed E-state index contributed by atoms with van der Waals surface area (Å²) in [5.41, 5.74) is 1.53. The van der Waals surface area contributed by atoms with Gasteiger partial charge in [-0.2, -0.15) is 0 Å². The molecular weight excluding hydrogens is 419 g/mol. The van der Waals surface area contributed by atoms with E-state index in [9.17, 15) is 4.79 Å². The van der Waals surface area contributed by atoms with Crippen molar-refractivity contribution in [2.75, 3.05) is 18.5 Å². The third-order valence-electron chi connectivity index (χ3n) is 5.28. The summed E-state index contributed by atoms with van der Waals surface area (Å²) in [7, 11) is 0. The number of benzene rings is 1. The molecule has 0 radical (unpaired) electrons. The molecule has 28 heavy (non-hydrogen) atoms. The number of aromatic nitrogens is 1. The number of thiazole rings is 1. The number of carbonyl (C=O) groups is 1. The van der Waals surface area contributed by atoms with Crippen LogP contribution in [0.15, 0.2) is 34.1 Å². The second-order valence-corrected chi connectivity index (χ2v) is 9.39. The molecule has 2 atom stereocenters. The molecule has 8 heteroatoms. The highest BCUT2D eigenvalue weighted by atomic mass is 35.5. The Morgan fingerprint density at radius 3 is 2.79 bits per heavy atom. The first-order valence-corrected chi connectivity index (χ1v) is 10.7. The van der Waals surface area contributed by atoms with Gasteiger partial charge in [-0.25, -0.2) is 4.98 Å². The van der Waals surface area contributed by atoms with Crippen molar-refractivity contribution >= 4 is 45.6 Å². The number of amides is 1. The third-order valence-corrected chi connectivity index (χ3v) is 6.29. The monoisotopic (exact) mass is 438 g/mol. The number of nitrogens with one attached hydrogen (secondary N) is 1. The molecule has 148 valence electrons. The second kappa shape index (κ2) is 7.58. The van der Waals surface area contributed by atoms with Crippen LogP contribution in [0.2, 0.25) is 0 Å². The number of nitrogens with zero attached hydrogens (tertiary/aromatic N) is 1. The molecule has 1 aliphatic heterocycles. The van der Waals surface area contributed by atoms with E-state index in [-0.39, 0.29) is 27.6 Å². The smallest absolute Gasteiger partial charge is 0.230 e.